The number of carboxylic acid groups (broad SMARTS) is 1. The number of aliphatic carboxylic acids is 1. The van der Waals surface area contributed by atoms with E-state index >= 15 is 0 Å². The second kappa shape index (κ2) is 3.84. The third kappa shape index (κ3) is 1.89. The van der Waals surface area contributed by atoms with E-state index in [1.54, 1.807) is 0 Å². The number of carboxylic acids is 1. The summed E-state index contributed by atoms with van der Waals surface area (Å²) in [5, 5.41) is 18.4. The highest BCUT2D eigenvalue weighted by Gasteiger charge is 2.39. The van der Waals surface area contributed by atoms with Gasteiger partial charge in [0.2, 0.25) is 0 Å². The zero-order valence-electron chi connectivity index (χ0n) is 7.93. The number of hydrogen-bond donors (Lipinski definition) is 2. The Bertz CT molecular complexity index is 219. The first-order valence-corrected chi connectivity index (χ1v) is 4.87. The smallest absolute Gasteiger partial charge is 0.317 e. The minimum Gasteiger partial charge on any atom is -0.480 e. The molecule has 2 unspecified atom stereocenters. The van der Waals surface area contributed by atoms with Gasteiger partial charge in [0.1, 0.15) is 0 Å². The third-order valence-electron chi connectivity index (χ3n) is 2.97. The molecule has 0 amide bonds. The quantitative estimate of drug-likeness (QED) is 0.600. The van der Waals surface area contributed by atoms with Crippen molar-refractivity contribution in [1.82, 2.24) is 4.90 Å². The molecule has 0 spiro atoms. The molecule has 0 aromatic heterocycles. The van der Waals surface area contributed by atoms with E-state index in [9.17, 15) is 9.90 Å². The Morgan fingerprint density at radius 2 is 1.93 bits per heavy atom. The molecule has 5 heteroatoms. The van der Waals surface area contributed by atoms with Crippen molar-refractivity contribution in [2.75, 3.05) is 32.8 Å². The van der Waals surface area contributed by atoms with Crippen molar-refractivity contribution in [1.29, 1.82) is 0 Å². The summed E-state index contributed by atoms with van der Waals surface area (Å²) in [4.78, 5) is 12.4. The van der Waals surface area contributed by atoms with Crippen molar-refractivity contribution >= 4 is 5.97 Å². The number of nitrogens with zero attached hydrogens (tertiary/aromatic N) is 1. The summed E-state index contributed by atoms with van der Waals surface area (Å²) in [6.45, 7) is 2.43. The molecule has 0 saturated carbocycles. The van der Waals surface area contributed by atoms with Gasteiger partial charge in [-0.25, -0.2) is 0 Å². The van der Waals surface area contributed by atoms with Crippen molar-refractivity contribution < 1.29 is 19.7 Å². The molecule has 0 radical (unpaired) electrons. The Balaban J connectivity index is 1.97. The molecule has 2 saturated heterocycles. The standard InChI is InChI=1S/C9H15NO4/c11-8(12)3-10-1-6-4-14-5-7(2-10)9(6)13/h6-7,9,13H,1-5H2,(H,11,12). The molecule has 0 aliphatic carbocycles. The minimum absolute atomic E-state index is 0.0692. The molecule has 0 aromatic rings. The minimum atomic E-state index is -0.805. The molecule has 2 atom stereocenters. The van der Waals surface area contributed by atoms with E-state index in [1.165, 1.54) is 0 Å². The number of hydrogen-bond acceptors (Lipinski definition) is 4. The molecule has 2 N–H and O–H groups in total. The third-order valence-corrected chi connectivity index (χ3v) is 2.97. The Hall–Kier alpha value is -0.650. The molecule has 2 heterocycles. The Labute approximate surface area is 82.3 Å². The largest absolute Gasteiger partial charge is 0.480 e. The number of likely N-dealkylation sites (tertiary alicyclic amines) is 1. The molecule has 2 bridgehead atoms. The summed E-state index contributed by atoms with van der Waals surface area (Å²) in [5.74, 6) is -0.635. The van der Waals surface area contributed by atoms with Crippen LogP contribution in [0, 0.1) is 11.8 Å². The maximum atomic E-state index is 10.5. The SMILES string of the molecule is O=C(O)CN1CC2COCC(C1)C2O. The van der Waals surface area contributed by atoms with Crippen molar-refractivity contribution in [2.24, 2.45) is 11.8 Å². The van der Waals surface area contributed by atoms with Gasteiger partial charge < -0.3 is 14.9 Å². The van der Waals surface area contributed by atoms with Crippen molar-refractivity contribution in [2.45, 2.75) is 6.10 Å². The zero-order chi connectivity index (χ0) is 10.1. The van der Waals surface area contributed by atoms with E-state index in [0.717, 1.165) is 0 Å². The normalized spacial score (nSPS) is 38.2. The van der Waals surface area contributed by atoms with Crippen LogP contribution in [0.4, 0.5) is 0 Å². The summed E-state index contributed by atoms with van der Waals surface area (Å²) in [6, 6.07) is 0. The van der Waals surface area contributed by atoms with Crippen LogP contribution in [0.5, 0.6) is 0 Å². The van der Waals surface area contributed by atoms with E-state index in [4.69, 9.17) is 9.84 Å². The summed E-state index contributed by atoms with van der Waals surface area (Å²) in [5.41, 5.74) is 0. The first kappa shape index (κ1) is 9.89. The zero-order valence-corrected chi connectivity index (χ0v) is 7.93. The summed E-state index contributed by atoms with van der Waals surface area (Å²) < 4.78 is 5.33. The predicted octanol–water partition coefficient (Wildman–Crippen LogP) is -0.990. The van der Waals surface area contributed by atoms with Crippen LogP contribution >= 0.6 is 0 Å². The Morgan fingerprint density at radius 1 is 1.36 bits per heavy atom. The van der Waals surface area contributed by atoms with Crippen LogP contribution in [0.2, 0.25) is 0 Å². The fourth-order valence-electron chi connectivity index (χ4n) is 2.33. The summed E-state index contributed by atoms with van der Waals surface area (Å²) in [6.07, 6.45) is -0.311. The fourth-order valence-corrected chi connectivity index (χ4v) is 2.33. The van der Waals surface area contributed by atoms with Crippen molar-refractivity contribution in [3.8, 4) is 0 Å². The van der Waals surface area contributed by atoms with Gasteiger partial charge in [0.15, 0.2) is 0 Å². The molecule has 0 aromatic carbocycles. The molecule has 2 rings (SSSR count). The van der Waals surface area contributed by atoms with Crippen LogP contribution < -0.4 is 0 Å². The number of rotatable bonds is 2. The lowest BCUT2D eigenvalue weighted by Crippen LogP contribution is -2.56. The van der Waals surface area contributed by atoms with E-state index in [2.05, 4.69) is 0 Å². The second-order valence-electron chi connectivity index (χ2n) is 4.14. The van der Waals surface area contributed by atoms with Gasteiger partial charge in [-0.05, 0) is 0 Å². The molecule has 2 aliphatic rings. The van der Waals surface area contributed by atoms with Crippen LogP contribution in [-0.4, -0.2) is 60.0 Å². The number of carbonyl (C=O) groups is 1. The number of piperidine rings is 1. The number of fused-ring (bicyclic) bond motifs is 2. The first-order valence-electron chi connectivity index (χ1n) is 4.87. The number of ether oxygens (including phenoxy) is 1. The van der Waals surface area contributed by atoms with Gasteiger partial charge in [0, 0.05) is 24.9 Å². The van der Waals surface area contributed by atoms with Crippen LogP contribution in [0.1, 0.15) is 0 Å². The highest BCUT2D eigenvalue weighted by atomic mass is 16.5. The summed E-state index contributed by atoms with van der Waals surface area (Å²) in [7, 11) is 0. The van der Waals surface area contributed by atoms with Crippen LogP contribution in [0.25, 0.3) is 0 Å². The van der Waals surface area contributed by atoms with Crippen LogP contribution in [0.15, 0.2) is 0 Å². The van der Waals surface area contributed by atoms with E-state index in [1.807, 2.05) is 4.90 Å². The monoisotopic (exact) mass is 201 g/mol. The number of aliphatic hydroxyl groups is 1. The highest BCUT2D eigenvalue weighted by Crippen LogP contribution is 2.27. The van der Waals surface area contributed by atoms with E-state index < -0.39 is 5.97 Å². The molecular weight excluding hydrogens is 186 g/mol. The Morgan fingerprint density at radius 3 is 2.43 bits per heavy atom. The van der Waals surface area contributed by atoms with Gasteiger partial charge >= 0.3 is 5.97 Å². The molecule has 80 valence electrons. The van der Waals surface area contributed by atoms with Crippen LogP contribution in [-0.2, 0) is 9.53 Å². The lowest BCUT2D eigenvalue weighted by atomic mass is 9.85. The Kier molecular flexibility index (Phi) is 2.71. The van der Waals surface area contributed by atoms with Gasteiger partial charge in [0.05, 0.1) is 25.9 Å². The highest BCUT2D eigenvalue weighted by molar-refractivity contribution is 5.69. The van der Waals surface area contributed by atoms with Crippen LogP contribution in [0.3, 0.4) is 0 Å². The maximum Gasteiger partial charge on any atom is 0.317 e. The van der Waals surface area contributed by atoms with Crippen molar-refractivity contribution in [3.05, 3.63) is 0 Å². The maximum absolute atomic E-state index is 10.5. The first-order chi connectivity index (χ1) is 6.66. The fraction of sp³-hybridized carbons (Fsp3) is 0.889. The van der Waals surface area contributed by atoms with Gasteiger partial charge in [0.25, 0.3) is 0 Å². The predicted molar refractivity (Wildman–Crippen MR) is 47.9 cm³/mol. The average Bonchev–Trinajstić information content (AvgIpc) is 2.05. The summed E-state index contributed by atoms with van der Waals surface area (Å²) >= 11 is 0. The molecule has 2 fully saturated rings. The molecular formula is C9H15NO4. The molecule has 5 nitrogen and oxygen atoms in total. The van der Waals surface area contributed by atoms with Crippen molar-refractivity contribution in [3.63, 3.8) is 0 Å². The van der Waals surface area contributed by atoms with E-state index in [0.29, 0.717) is 26.3 Å². The topological polar surface area (TPSA) is 70.0 Å². The lowest BCUT2D eigenvalue weighted by molar-refractivity contribution is -0.147. The average molecular weight is 201 g/mol. The number of aliphatic hydroxyl groups excluding tert-OH is 1. The van der Waals surface area contributed by atoms with Gasteiger partial charge in [-0.15, -0.1) is 0 Å². The van der Waals surface area contributed by atoms with E-state index in [-0.39, 0.29) is 24.5 Å². The molecule has 2 aliphatic heterocycles. The lowest BCUT2D eigenvalue weighted by Gasteiger charge is -2.44. The van der Waals surface area contributed by atoms with Gasteiger partial charge in [-0.2, -0.15) is 0 Å². The second-order valence-corrected chi connectivity index (χ2v) is 4.14. The molecule has 14 heavy (non-hydrogen) atoms. The van der Waals surface area contributed by atoms with Gasteiger partial charge in [-0.3, -0.25) is 9.69 Å². The van der Waals surface area contributed by atoms with Gasteiger partial charge in [-0.1, -0.05) is 0 Å².